The first-order valence-corrected chi connectivity index (χ1v) is 8.29. The Balaban J connectivity index is 1.82. The number of likely N-dealkylation sites (tertiary alicyclic amines) is 1. The maximum absolute atomic E-state index is 6.12. The Morgan fingerprint density at radius 2 is 2.10 bits per heavy atom. The van der Waals surface area contributed by atoms with E-state index in [-0.39, 0.29) is 0 Å². The van der Waals surface area contributed by atoms with E-state index in [4.69, 9.17) is 11.6 Å². The first-order valence-electron chi connectivity index (χ1n) is 7.12. The van der Waals surface area contributed by atoms with Crippen LogP contribution in [0.5, 0.6) is 0 Å². The van der Waals surface area contributed by atoms with Gasteiger partial charge in [0.25, 0.3) is 0 Å². The zero-order valence-corrected chi connectivity index (χ0v) is 14.5. The number of benzene rings is 1. The summed E-state index contributed by atoms with van der Waals surface area (Å²) in [5, 5.41) is 4.35. The van der Waals surface area contributed by atoms with Crippen molar-refractivity contribution in [2.75, 3.05) is 25.0 Å². The molecule has 0 unspecified atom stereocenters. The van der Waals surface area contributed by atoms with Crippen molar-refractivity contribution < 1.29 is 0 Å². The summed E-state index contributed by atoms with van der Waals surface area (Å²) in [6.07, 6.45) is 4.68. The molecule has 20 heavy (non-hydrogen) atoms. The summed E-state index contributed by atoms with van der Waals surface area (Å²) >= 11 is 9.54. The van der Waals surface area contributed by atoms with Crippen LogP contribution >= 0.6 is 27.5 Å². The number of rotatable bonds is 4. The predicted octanol–water partition coefficient (Wildman–Crippen LogP) is 4.95. The smallest absolute Gasteiger partial charge is 0.0568 e. The molecule has 4 heteroatoms. The molecule has 1 N–H and O–H groups in total. The van der Waals surface area contributed by atoms with Crippen molar-refractivity contribution >= 4 is 33.2 Å². The van der Waals surface area contributed by atoms with Gasteiger partial charge < -0.3 is 5.32 Å². The van der Waals surface area contributed by atoms with Gasteiger partial charge in [0.15, 0.2) is 0 Å². The van der Waals surface area contributed by atoms with Crippen LogP contribution in [0.15, 0.2) is 34.3 Å². The molecular weight excluding hydrogens is 336 g/mol. The van der Waals surface area contributed by atoms with E-state index in [9.17, 15) is 0 Å². The second-order valence-corrected chi connectivity index (χ2v) is 6.89. The molecule has 1 aliphatic rings. The fourth-order valence-corrected chi connectivity index (χ4v) is 2.82. The average molecular weight is 358 g/mol. The number of allylic oxidation sites excluding steroid dienone is 1. The second kappa shape index (κ2) is 7.48. The van der Waals surface area contributed by atoms with E-state index in [1.165, 1.54) is 18.4 Å². The summed E-state index contributed by atoms with van der Waals surface area (Å²) in [7, 11) is 0. The van der Waals surface area contributed by atoms with Crippen molar-refractivity contribution in [1.82, 2.24) is 4.90 Å². The number of piperidine rings is 1. The molecule has 0 aliphatic carbocycles. The fraction of sp³-hybridized carbons (Fsp3) is 0.500. The van der Waals surface area contributed by atoms with Crippen LogP contribution in [0.25, 0.3) is 0 Å². The largest absolute Gasteiger partial charge is 0.382 e. The van der Waals surface area contributed by atoms with Crippen molar-refractivity contribution in [2.24, 2.45) is 0 Å². The molecule has 2 nitrogen and oxygen atoms in total. The second-order valence-electron chi connectivity index (χ2n) is 5.63. The number of halogens is 2. The Morgan fingerprint density at radius 1 is 1.40 bits per heavy atom. The van der Waals surface area contributed by atoms with E-state index in [0.29, 0.717) is 6.04 Å². The Bertz CT molecular complexity index is 475. The number of nitrogens with zero attached hydrogens (tertiary/aromatic N) is 1. The van der Waals surface area contributed by atoms with E-state index < -0.39 is 0 Å². The summed E-state index contributed by atoms with van der Waals surface area (Å²) in [4.78, 5) is 2.51. The first kappa shape index (κ1) is 15.9. The SMILES string of the molecule is CC(C)=CCN1CCC(Nc2ccc(Br)c(Cl)c2)CC1. The highest BCUT2D eigenvalue weighted by atomic mass is 79.9. The minimum Gasteiger partial charge on any atom is -0.382 e. The van der Waals surface area contributed by atoms with E-state index in [1.54, 1.807) is 0 Å². The monoisotopic (exact) mass is 356 g/mol. The minimum absolute atomic E-state index is 0.551. The molecular formula is C16H22BrClN2. The van der Waals surface area contributed by atoms with Gasteiger partial charge in [-0.3, -0.25) is 4.90 Å². The van der Waals surface area contributed by atoms with Crippen molar-refractivity contribution in [1.29, 1.82) is 0 Å². The Morgan fingerprint density at radius 3 is 2.70 bits per heavy atom. The molecule has 1 fully saturated rings. The molecule has 0 saturated carbocycles. The van der Waals surface area contributed by atoms with Crippen LogP contribution in [-0.4, -0.2) is 30.6 Å². The van der Waals surface area contributed by atoms with E-state index in [2.05, 4.69) is 52.1 Å². The van der Waals surface area contributed by atoms with E-state index in [1.807, 2.05) is 12.1 Å². The highest BCUT2D eigenvalue weighted by Crippen LogP contribution is 2.26. The number of hydrogen-bond acceptors (Lipinski definition) is 2. The molecule has 0 spiro atoms. The van der Waals surface area contributed by atoms with Gasteiger partial charge in [0.05, 0.1) is 5.02 Å². The summed E-state index contributed by atoms with van der Waals surface area (Å²) in [5.74, 6) is 0. The van der Waals surface area contributed by atoms with Gasteiger partial charge in [-0.15, -0.1) is 0 Å². The lowest BCUT2D eigenvalue weighted by molar-refractivity contribution is 0.240. The van der Waals surface area contributed by atoms with Gasteiger partial charge in [-0.2, -0.15) is 0 Å². The van der Waals surface area contributed by atoms with E-state index >= 15 is 0 Å². The molecule has 0 bridgehead atoms. The van der Waals surface area contributed by atoms with Gasteiger partial charge in [0.1, 0.15) is 0 Å². The molecule has 110 valence electrons. The lowest BCUT2D eigenvalue weighted by Crippen LogP contribution is -2.39. The van der Waals surface area contributed by atoms with E-state index in [0.717, 1.165) is 34.8 Å². The number of hydrogen-bond donors (Lipinski definition) is 1. The third kappa shape index (κ3) is 4.80. The number of nitrogens with one attached hydrogen (secondary N) is 1. The Labute approximate surface area is 135 Å². The van der Waals surface area contributed by atoms with Crippen molar-refractivity contribution in [3.63, 3.8) is 0 Å². The maximum atomic E-state index is 6.12. The van der Waals surface area contributed by atoms with Crippen molar-refractivity contribution in [2.45, 2.75) is 32.7 Å². The molecule has 1 aliphatic heterocycles. The van der Waals surface area contributed by atoms with Crippen molar-refractivity contribution in [3.8, 4) is 0 Å². The zero-order chi connectivity index (χ0) is 14.5. The normalized spacial score (nSPS) is 17.0. The van der Waals surface area contributed by atoms with Gasteiger partial charge in [-0.1, -0.05) is 23.3 Å². The zero-order valence-electron chi connectivity index (χ0n) is 12.1. The summed E-state index contributed by atoms with van der Waals surface area (Å²) in [5.41, 5.74) is 2.51. The van der Waals surface area contributed by atoms with Crippen LogP contribution in [0.4, 0.5) is 5.69 Å². The molecule has 0 amide bonds. The fourth-order valence-electron chi connectivity index (χ4n) is 2.39. The summed E-state index contributed by atoms with van der Waals surface area (Å²) in [6.45, 7) is 7.72. The third-order valence-electron chi connectivity index (χ3n) is 3.64. The molecule has 1 aromatic carbocycles. The van der Waals surface area contributed by atoms with Crippen LogP contribution in [0.1, 0.15) is 26.7 Å². The molecule has 1 aromatic rings. The predicted molar refractivity (Wildman–Crippen MR) is 91.7 cm³/mol. The topological polar surface area (TPSA) is 15.3 Å². The van der Waals surface area contributed by atoms with Gasteiger partial charge in [0.2, 0.25) is 0 Å². The summed E-state index contributed by atoms with van der Waals surface area (Å²) < 4.78 is 0.946. The standard InChI is InChI=1S/C16H22BrClN2/c1-12(2)5-8-20-9-6-13(7-10-20)19-14-3-4-15(17)16(18)11-14/h3-5,11,13,19H,6-10H2,1-2H3. The molecule has 1 saturated heterocycles. The lowest BCUT2D eigenvalue weighted by Gasteiger charge is -2.32. The summed E-state index contributed by atoms with van der Waals surface area (Å²) in [6, 6.07) is 6.61. The van der Waals surface area contributed by atoms with Crippen LogP contribution in [-0.2, 0) is 0 Å². The number of anilines is 1. The van der Waals surface area contributed by atoms with Crippen LogP contribution in [0.2, 0.25) is 5.02 Å². The van der Waals surface area contributed by atoms with Crippen LogP contribution < -0.4 is 5.32 Å². The first-order chi connectivity index (χ1) is 9.54. The van der Waals surface area contributed by atoms with Gasteiger partial charge in [-0.05, 0) is 60.8 Å². The quantitative estimate of drug-likeness (QED) is 0.767. The van der Waals surface area contributed by atoms with Gasteiger partial charge >= 0.3 is 0 Å². The maximum Gasteiger partial charge on any atom is 0.0568 e. The molecule has 0 radical (unpaired) electrons. The highest BCUT2D eigenvalue weighted by molar-refractivity contribution is 9.10. The lowest BCUT2D eigenvalue weighted by atomic mass is 10.0. The molecule has 1 heterocycles. The van der Waals surface area contributed by atoms with Gasteiger partial charge in [0, 0.05) is 35.8 Å². The molecule has 0 atom stereocenters. The average Bonchev–Trinajstić information content (AvgIpc) is 2.42. The minimum atomic E-state index is 0.551. The molecule has 2 rings (SSSR count). The van der Waals surface area contributed by atoms with Crippen molar-refractivity contribution in [3.05, 3.63) is 39.3 Å². The van der Waals surface area contributed by atoms with Gasteiger partial charge in [-0.25, -0.2) is 0 Å². The third-order valence-corrected chi connectivity index (χ3v) is 4.87. The van der Waals surface area contributed by atoms with Crippen LogP contribution in [0.3, 0.4) is 0 Å². The molecule has 0 aromatic heterocycles. The van der Waals surface area contributed by atoms with Crippen LogP contribution in [0, 0.1) is 0 Å². The Kier molecular flexibility index (Phi) is 5.94. The highest BCUT2D eigenvalue weighted by Gasteiger charge is 2.18. The Hall–Kier alpha value is -0.510.